The van der Waals surface area contributed by atoms with Gasteiger partial charge in [0, 0.05) is 35.2 Å². The van der Waals surface area contributed by atoms with Crippen molar-refractivity contribution in [2.24, 2.45) is 0 Å². The molecule has 1 saturated heterocycles. The van der Waals surface area contributed by atoms with Gasteiger partial charge in [0.2, 0.25) is 16.0 Å². The molecule has 0 atom stereocenters. The molecule has 22 heavy (non-hydrogen) atoms. The lowest BCUT2D eigenvalue weighted by Crippen LogP contribution is -2.44. The van der Waals surface area contributed by atoms with E-state index in [1.165, 1.54) is 6.26 Å². The third-order valence-electron chi connectivity index (χ3n) is 3.69. The predicted octanol–water partition coefficient (Wildman–Crippen LogP) is 1.91. The minimum absolute atomic E-state index is 0.00246. The number of nitrogens with one attached hydrogen (secondary N) is 1. The molecule has 0 spiro atoms. The van der Waals surface area contributed by atoms with Gasteiger partial charge in [-0.2, -0.15) is 0 Å². The molecule has 0 unspecified atom stereocenters. The van der Waals surface area contributed by atoms with Crippen LogP contribution in [-0.4, -0.2) is 43.8 Å². The highest BCUT2D eigenvalue weighted by Crippen LogP contribution is 2.21. The molecule has 0 saturated carbocycles. The van der Waals surface area contributed by atoms with Crippen molar-refractivity contribution in [1.29, 1.82) is 0 Å². The Morgan fingerprint density at radius 2 is 2.05 bits per heavy atom. The topological polar surface area (TPSA) is 75.2 Å². The van der Waals surface area contributed by atoms with Crippen molar-refractivity contribution < 1.29 is 8.42 Å². The number of rotatable bonds is 3. The highest BCUT2D eigenvalue weighted by molar-refractivity contribution is 9.10. The van der Waals surface area contributed by atoms with Gasteiger partial charge in [0.05, 0.1) is 11.8 Å². The molecule has 0 bridgehead atoms. The largest absolute Gasteiger partial charge is 0.341 e. The van der Waals surface area contributed by atoms with Gasteiger partial charge in [0.15, 0.2) is 0 Å². The van der Waals surface area contributed by atoms with Gasteiger partial charge in [-0.3, -0.25) is 0 Å². The summed E-state index contributed by atoms with van der Waals surface area (Å²) < 4.78 is 26.2. The van der Waals surface area contributed by atoms with Crippen molar-refractivity contribution in [2.75, 3.05) is 24.2 Å². The third-order valence-corrected chi connectivity index (χ3v) is 4.94. The van der Waals surface area contributed by atoms with Crippen LogP contribution in [0.5, 0.6) is 0 Å². The van der Waals surface area contributed by atoms with E-state index in [1.54, 1.807) is 0 Å². The average molecular weight is 385 g/mol. The monoisotopic (exact) mass is 384 g/mol. The van der Waals surface area contributed by atoms with Crippen molar-refractivity contribution in [1.82, 2.24) is 14.7 Å². The van der Waals surface area contributed by atoms with Crippen LogP contribution >= 0.6 is 15.9 Å². The first-order valence-corrected chi connectivity index (χ1v) is 9.74. The summed E-state index contributed by atoms with van der Waals surface area (Å²) in [4.78, 5) is 11.1. The fourth-order valence-electron chi connectivity index (χ4n) is 2.65. The van der Waals surface area contributed by atoms with E-state index in [-0.39, 0.29) is 6.04 Å². The molecule has 2 aromatic rings. The van der Waals surface area contributed by atoms with Crippen LogP contribution in [0.4, 0.5) is 5.95 Å². The Morgan fingerprint density at radius 3 is 2.73 bits per heavy atom. The van der Waals surface area contributed by atoms with Gasteiger partial charge in [-0.1, -0.05) is 15.9 Å². The number of aromatic nitrogens is 2. The van der Waals surface area contributed by atoms with Gasteiger partial charge in [-0.25, -0.2) is 23.1 Å². The molecule has 1 N–H and O–H groups in total. The zero-order chi connectivity index (χ0) is 15.7. The minimum atomic E-state index is -3.14. The maximum absolute atomic E-state index is 11.3. The lowest BCUT2D eigenvalue weighted by Gasteiger charge is -2.32. The quantitative estimate of drug-likeness (QED) is 0.874. The lowest BCUT2D eigenvalue weighted by atomic mass is 10.1. The summed E-state index contributed by atoms with van der Waals surface area (Å²) in [6.45, 7) is 1.49. The van der Waals surface area contributed by atoms with Gasteiger partial charge in [0.1, 0.15) is 0 Å². The second kappa shape index (κ2) is 6.10. The Bertz CT molecular complexity index is 789. The Hall–Kier alpha value is -1.25. The Balaban J connectivity index is 1.72. The first-order chi connectivity index (χ1) is 10.4. The van der Waals surface area contributed by atoms with Crippen molar-refractivity contribution in [3.8, 4) is 0 Å². The predicted molar refractivity (Wildman–Crippen MR) is 90.5 cm³/mol. The Kier molecular flexibility index (Phi) is 4.33. The maximum Gasteiger partial charge on any atom is 0.225 e. The van der Waals surface area contributed by atoms with Crippen LogP contribution in [-0.2, 0) is 10.0 Å². The molecule has 2 heterocycles. The van der Waals surface area contributed by atoms with E-state index >= 15 is 0 Å². The SMILES string of the molecule is CS(=O)(=O)NC1CCN(c2ncc3cc(Br)ccc3n2)CC1. The molecular weight excluding hydrogens is 368 g/mol. The summed E-state index contributed by atoms with van der Waals surface area (Å²) in [6.07, 6.45) is 4.54. The number of fused-ring (bicyclic) bond motifs is 1. The highest BCUT2D eigenvalue weighted by atomic mass is 79.9. The molecule has 1 fully saturated rings. The van der Waals surface area contributed by atoms with Crippen LogP contribution < -0.4 is 9.62 Å². The van der Waals surface area contributed by atoms with E-state index in [4.69, 9.17) is 0 Å². The smallest absolute Gasteiger partial charge is 0.225 e. The van der Waals surface area contributed by atoms with Crippen LogP contribution in [0.15, 0.2) is 28.9 Å². The van der Waals surface area contributed by atoms with Gasteiger partial charge >= 0.3 is 0 Å². The molecule has 0 radical (unpaired) electrons. The van der Waals surface area contributed by atoms with E-state index in [0.29, 0.717) is 5.95 Å². The second-order valence-electron chi connectivity index (χ2n) is 5.52. The maximum atomic E-state index is 11.3. The average Bonchev–Trinajstić information content (AvgIpc) is 2.46. The van der Waals surface area contributed by atoms with E-state index in [0.717, 1.165) is 41.3 Å². The molecule has 6 nitrogen and oxygen atoms in total. The lowest BCUT2D eigenvalue weighted by molar-refractivity contribution is 0.458. The number of benzene rings is 1. The van der Waals surface area contributed by atoms with E-state index in [9.17, 15) is 8.42 Å². The van der Waals surface area contributed by atoms with Crippen LogP contribution in [0.3, 0.4) is 0 Å². The summed E-state index contributed by atoms with van der Waals surface area (Å²) in [7, 11) is -3.14. The number of hydrogen-bond donors (Lipinski definition) is 1. The normalized spacial score (nSPS) is 17.1. The standard InChI is InChI=1S/C14H17BrN4O2S/c1-22(20,21)18-12-4-6-19(7-5-12)14-16-9-10-8-11(15)2-3-13(10)17-14/h2-3,8-9,12,18H,4-7H2,1H3. The van der Waals surface area contributed by atoms with Crippen LogP contribution in [0.2, 0.25) is 0 Å². The molecule has 8 heteroatoms. The summed E-state index contributed by atoms with van der Waals surface area (Å²) >= 11 is 3.44. The number of anilines is 1. The molecule has 3 rings (SSSR count). The van der Waals surface area contributed by atoms with Crippen molar-refractivity contribution >= 4 is 42.8 Å². The van der Waals surface area contributed by atoms with E-state index in [2.05, 4.69) is 35.5 Å². The van der Waals surface area contributed by atoms with Gasteiger partial charge < -0.3 is 4.90 Å². The van der Waals surface area contributed by atoms with E-state index < -0.39 is 10.0 Å². The van der Waals surface area contributed by atoms with Crippen molar-refractivity contribution in [3.63, 3.8) is 0 Å². The van der Waals surface area contributed by atoms with Crippen molar-refractivity contribution in [3.05, 3.63) is 28.9 Å². The zero-order valence-electron chi connectivity index (χ0n) is 12.2. The van der Waals surface area contributed by atoms with Gasteiger partial charge in [-0.15, -0.1) is 0 Å². The zero-order valence-corrected chi connectivity index (χ0v) is 14.6. The van der Waals surface area contributed by atoms with Crippen LogP contribution in [0.1, 0.15) is 12.8 Å². The molecule has 1 aromatic carbocycles. The minimum Gasteiger partial charge on any atom is -0.341 e. The Morgan fingerprint density at radius 1 is 1.32 bits per heavy atom. The van der Waals surface area contributed by atoms with E-state index in [1.807, 2.05) is 24.4 Å². The summed E-state index contributed by atoms with van der Waals surface area (Å²) in [5.41, 5.74) is 0.907. The highest BCUT2D eigenvalue weighted by Gasteiger charge is 2.23. The number of sulfonamides is 1. The van der Waals surface area contributed by atoms with Crippen LogP contribution in [0, 0.1) is 0 Å². The number of hydrogen-bond acceptors (Lipinski definition) is 5. The third kappa shape index (κ3) is 3.74. The molecule has 118 valence electrons. The molecule has 1 aliphatic heterocycles. The van der Waals surface area contributed by atoms with Crippen LogP contribution in [0.25, 0.3) is 10.9 Å². The number of nitrogens with zero attached hydrogens (tertiary/aromatic N) is 3. The molecular formula is C14H17BrN4O2S. The first kappa shape index (κ1) is 15.6. The molecule has 1 aromatic heterocycles. The van der Waals surface area contributed by atoms with Gasteiger partial charge in [-0.05, 0) is 31.0 Å². The molecule has 0 amide bonds. The molecule has 1 aliphatic rings. The van der Waals surface area contributed by atoms with Crippen molar-refractivity contribution in [2.45, 2.75) is 18.9 Å². The fourth-order valence-corrected chi connectivity index (χ4v) is 3.87. The number of piperidine rings is 1. The fraction of sp³-hybridized carbons (Fsp3) is 0.429. The number of halogens is 1. The Labute approximate surface area is 138 Å². The summed E-state index contributed by atoms with van der Waals surface area (Å²) in [5, 5.41) is 0.992. The molecule has 0 aliphatic carbocycles. The summed E-state index contributed by atoms with van der Waals surface area (Å²) in [5.74, 6) is 0.702. The van der Waals surface area contributed by atoms with Gasteiger partial charge in [0.25, 0.3) is 0 Å². The second-order valence-corrected chi connectivity index (χ2v) is 8.22. The first-order valence-electron chi connectivity index (χ1n) is 7.05. The summed E-state index contributed by atoms with van der Waals surface area (Å²) in [6, 6.07) is 5.91.